The normalized spacial score (nSPS) is 39.1. The Balaban J connectivity index is 1.26. The second kappa shape index (κ2) is 9.67. The van der Waals surface area contributed by atoms with Crippen molar-refractivity contribution in [3.05, 3.63) is 0 Å². The molecule has 2 saturated carbocycles. The van der Waals surface area contributed by atoms with Crippen LogP contribution in [-0.4, -0.2) is 60.2 Å². The zero-order valence-electron chi connectivity index (χ0n) is 17.8. The number of amides is 1. The van der Waals surface area contributed by atoms with E-state index in [0.29, 0.717) is 23.8 Å². The molecule has 2 aliphatic carbocycles. The Hall–Kier alpha value is -0.625. The molecule has 4 rings (SSSR count). The van der Waals surface area contributed by atoms with Gasteiger partial charge < -0.3 is 26.0 Å². The van der Waals surface area contributed by atoms with Crippen molar-refractivity contribution in [1.82, 2.24) is 10.2 Å². The molecule has 0 aromatic heterocycles. The largest absolute Gasteiger partial charge is 0.454 e. The van der Waals surface area contributed by atoms with E-state index in [1.807, 2.05) is 0 Å². The van der Waals surface area contributed by atoms with Gasteiger partial charge in [0.05, 0.1) is 5.92 Å². The van der Waals surface area contributed by atoms with Crippen molar-refractivity contribution in [3.8, 4) is 0 Å². The molecular weight excluding hydrogens is 365 g/mol. The highest BCUT2D eigenvalue weighted by atomic mass is 16.4. The molecule has 29 heavy (non-hydrogen) atoms. The summed E-state index contributed by atoms with van der Waals surface area (Å²) in [6.07, 6.45) is 11.2. The number of hydrogen-bond donors (Lipinski definition) is 4. The van der Waals surface area contributed by atoms with Crippen LogP contribution in [0.4, 0.5) is 0 Å². The molecule has 164 valence electrons. The first-order chi connectivity index (χ1) is 14.0. The van der Waals surface area contributed by atoms with Crippen LogP contribution in [0.2, 0.25) is 5.82 Å². The Bertz CT molecular complexity index is 555. The highest BCUT2D eigenvalue weighted by Gasteiger charge is 2.42. The van der Waals surface area contributed by atoms with Crippen molar-refractivity contribution in [2.24, 2.45) is 35.3 Å². The summed E-state index contributed by atoms with van der Waals surface area (Å²) in [7, 11) is -1.22. The quantitative estimate of drug-likeness (QED) is 0.533. The van der Waals surface area contributed by atoms with E-state index in [1.165, 1.54) is 25.7 Å². The number of likely N-dealkylation sites (tertiary alicyclic amines) is 1. The van der Waals surface area contributed by atoms with Crippen LogP contribution < -0.4 is 11.1 Å². The first-order valence-electron chi connectivity index (χ1n) is 12.1. The van der Waals surface area contributed by atoms with Gasteiger partial charge in [-0.1, -0.05) is 19.3 Å². The lowest BCUT2D eigenvalue weighted by atomic mass is 9.59. The van der Waals surface area contributed by atoms with Crippen LogP contribution in [0.15, 0.2) is 0 Å². The van der Waals surface area contributed by atoms with E-state index in [4.69, 9.17) is 5.73 Å². The number of nitrogens with one attached hydrogen (secondary N) is 1. The van der Waals surface area contributed by atoms with Crippen LogP contribution in [0.3, 0.4) is 0 Å². The fourth-order valence-electron chi connectivity index (χ4n) is 6.86. The van der Waals surface area contributed by atoms with Gasteiger partial charge in [-0.2, -0.15) is 0 Å². The Morgan fingerprint density at radius 2 is 1.76 bits per heavy atom. The summed E-state index contributed by atoms with van der Waals surface area (Å²) in [5.41, 5.74) is 5.92. The molecule has 5 N–H and O–H groups in total. The number of hydrogen-bond acceptors (Lipinski definition) is 5. The summed E-state index contributed by atoms with van der Waals surface area (Å²) in [6.45, 7) is 3.44. The van der Waals surface area contributed by atoms with Crippen molar-refractivity contribution >= 4 is 13.0 Å². The van der Waals surface area contributed by atoms with E-state index in [0.717, 1.165) is 76.5 Å². The molecule has 4 fully saturated rings. The number of carbonyl (C=O) groups is 1. The fraction of sp³-hybridized carbons (Fsp3) is 0.955. The van der Waals surface area contributed by atoms with Crippen molar-refractivity contribution in [3.63, 3.8) is 0 Å². The summed E-state index contributed by atoms with van der Waals surface area (Å²) in [5.74, 6) is 3.04. The molecule has 0 aromatic rings. The first kappa shape index (κ1) is 21.6. The molecule has 6 unspecified atom stereocenters. The molecule has 6 atom stereocenters. The monoisotopic (exact) mass is 405 g/mol. The number of nitrogens with zero attached hydrogens (tertiary/aromatic N) is 1. The number of carbonyl (C=O) groups excluding carboxylic acids is 1. The topological polar surface area (TPSA) is 98.8 Å². The van der Waals surface area contributed by atoms with Gasteiger partial charge >= 0.3 is 7.12 Å². The SMILES string of the molecule is NCC1CCCC(C2CCN(C(=O)C3CNC4CCC(B(O)O)CC4C3)CC2)C1. The molecule has 1 amide bonds. The summed E-state index contributed by atoms with van der Waals surface area (Å²) in [4.78, 5) is 15.3. The lowest BCUT2D eigenvalue weighted by Crippen LogP contribution is -2.53. The van der Waals surface area contributed by atoms with E-state index >= 15 is 0 Å². The van der Waals surface area contributed by atoms with Crippen molar-refractivity contribution in [2.45, 2.75) is 76.1 Å². The highest BCUT2D eigenvalue weighted by Crippen LogP contribution is 2.41. The van der Waals surface area contributed by atoms with E-state index in [1.54, 1.807) is 0 Å². The van der Waals surface area contributed by atoms with Gasteiger partial charge in [0.25, 0.3) is 0 Å². The summed E-state index contributed by atoms with van der Waals surface area (Å²) >= 11 is 0. The molecule has 0 bridgehead atoms. The predicted molar refractivity (Wildman–Crippen MR) is 115 cm³/mol. The van der Waals surface area contributed by atoms with Crippen LogP contribution in [0, 0.1) is 29.6 Å². The van der Waals surface area contributed by atoms with Crippen molar-refractivity contribution in [2.75, 3.05) is 26.2 Å². The minimum atomic E-state index is -1.22. The summed E-state index contributed by atoms with van der Waals surface area (Å²) in [5, 5.41) is 22.7. The van der Waals surface area contributed by atoms with Crippen molar-refractivity contribution in [1.29, 1.82) is 0 Å². The van der Waals surface area contributed by atoms with Gasteiger partial charge in [-0.25, -0.2) is 0 Å². The molecule has 0 radical (unpaired) electrons. The van der Waals surface area contributed by atoms with Gasteiger partial charge in [-0.15, -0.1) is 0 Å². The van der Waals surface area contributed by atoms with Crippen LogP contribution in [-0.2, 0) is 4.79 Å². The van der Waals surface area contributed by atoms with Crippen LogP contribution >= 0.6 is 0 Å². The summed E-state index contributed by atoms with van der Waals surface area (Å²) < 4.78 is 0. The maximum atomic E-state index is 13.2. The molecule has 2 heterocycles. The van der Waals surface area contributed by atoms with E-state index in [-0.39, 0.29) is 11.7 Å². The van der Waals surface area contributed by atoms with E-state index in [9.17, 15) is 14.8 Å². The third kappa shape index (κ3) is 5.00. The van der Waals surface area contributed by atoms with Crippen LogP contribution in [0.25, 0.3) is 0 Å². The minimum Gasteiger partial charge on any atom is -0.427 e. The Morgan fingerprint density at radius 3 is 2.48 bits per heavy atom. The van der Waals surface area contributed by atoms with Crippen LogP contribution in [0.1, 0.15) is 64.2 Å². The van der Waals surface area contributed by atoms with Gasteiger partial charge in [0.15, 0.2) is 0 Å². The zero-order valence-corrected chi connectivity index (χ0v) is 17.8. The smallest absolute Gasteiger partial charge is 0.427 e. The molecular formula is C22H40BN3O3. The molecule has 0 aromatic carbocycles. The lowest BCUT2D eigenvalue weighted by Gasteiger charge is -2.44. The molecule has 6 nitrogen and oxygen atoms in total. The molecule has 7 heteroatoms. The molecule has 2 saturated heterocycles. The molecule has 4 aliphatic rings. The van der Waals surface area contributed by atoms with Gasteiger partial charge in [0, 0.05) is 25.7 Å². The Kier molecular flexibility index (Phi) is 7.20. The van der Waals surface area contributed by atoms with Gasteiger partial charge in [0.2, 0.25) is 5.91 Å². The first-order valence-corrected chi connectivity index (χ1v) is 12.1. The van der Waals surface area contributed by atoms with E-state index in [2.05, 4.69) is 10.2 Å². The number of nitrogens with two attached hydrogens (primary N) is 1. The minimum absolute atomic E-state index is 0.0320. The highest BCUT2D eigenvalue weighted by molar-refractivity contribution is 6.43. The fourth-order valence-corrected chi connectivity index (χ4v) is 6.86. The average Bonchev–Trinajstić information content (AvgIpc) is 2.78. The van der Waals surface area contributed by atoms with E-state index < -0.39 is 7.12 Å². The zero-order chi connectivity index (χ0) is 20.4. The van der Waals surface area contributed by atoms with Crippen LogP contribution in [0.5, 0.6) is 0 Å². The number of rotatable bonds is 4. The Labute approximate surface area is 176 Å². The predicted octanol–water partition coefficient (Wildman–Crippen LogP) is 1.61. The Morgan fingerprint density at radius 1 is 0.966 bits per heavy atom. The third-order valence-corrected chi connectivity index (χ3v) is 8.68. The van der Waals surface area contributed by atoms with Gasteiger partial charge in [0.1, 0.15) is 0 Å². The second-order valence-electron chi connectivity index (χ2n) is 10.4. The van der Waals surface area contributed by atoms with Gasteiger partial charge in [-0.3, -0.25) is 4.79 Å². The average molecular weight is 405 g/mol. The van der Waals surface area contributed by atoms with Crippen molar-refractivity contribution < 1.29 is 14.8 Å². The second-order valence-corrected chi connectivity index (χ2v) is 10.4. The molecule has 2 aliphatic heterocycles. The standard InChI is InChI=1S/C22H40BN3O3/c24-13-15-2-1-3-17(10-15)16-6-8-26(9-7-16)22(27)19-11-18-12-20(23(28)29)4-5-21(18)25-14-19/h15-21,25,28-29H,1-14,24H2. The lowest BCUT2D eigenvalue weighted by molar-refractivity contribution is -0.138. The maximum absolute atomic E-state index is 13.2. The maximum Gasteiger partial charge on any atom is 0.454 e. The third-order valence-electron chi connectivity index (χ3n) is 8.68. The summed E-state index contributed by atoms with van der Waals surface area (Å²) in [6, 6.07) is 0.446. The number of piperidine rings is 2. The number of fused-ring (bicyclic) bond motifs is 1. The molecule has 0 spiro atoms. The van der Waals surface area contributed by atoms with Gasteiger partial charge in [-0.05, 0) is 81.0 Å².